The summed E-state index contributed by atoms with van der Waals surface area (Å²) >= 11 is 5.80. The second kappa shape index (κ2) is 8.12. The molecule has 3 aromatic rings. The van der Waals surface area contributed by atoms with Gasteiger partial charge in [0, 0.05) is 11.6 Å². The van der Waals surface area contributed by atoms with Crippen molar-refractivity contribution in [3.05, 3.63) is 65.3 Å². The van der Waals surface area contributed by atoms with Gasteiger partial charge in [0.1, 0.15) is 5.69 Å². The van der Waals surface area contributed by atoms with E-state index >= 15 is 0 Å². The molecule has 1 aromatic heterocycles. The van der Waals surface area contributed by atoms with E-state index in [0.717, 1.165) is 0 Å². The molecular weight excluding hydrogens is 465 g/mol. The van der Waals surface area contributed by atoms with E-state index in [0.29, 0.717) is 4.68 Å². The summed E-state index contributed by atoms with van der Waals surface area (Å²) in [6.45, 7) is 0.943. The molecule has 2 aromatic carbocycles. The van der Waals surface area contributed by atoms with Gasteiger partial charge in [-0.1, -0.05) is 41.9 Å². The number of alkyl halides is 5. The number of nitrogens with zero attached hydrogens (tertiary/aromatic N) is 2. The van der Waals surface area contributed by atoms with Crippen LogP contribution in [0, 0.1) is 0 Å². The van der Waals surface area contributed by atoms with Crippen LogP contribution in [0.1, 0.15) is 12.6 Å². The van der Waals surface area contributed by atoms with Crippen LogP contribution in [0.15, 0.2) is 59.5 Å². The predicted octanol–water partition coefficient (Wildman–Crippen LogP) is 5.68. The van der Waals surface area contributed by atoms with Crippen LogP contribution in [0.2, 0.25) is 5.02 Å². The summed E-state index contributed by atoms with van der Waals surface area (Å²) in [4.78, 5) is -0.216. The topological polar surface area (TPSA) is 64.0 Å². The molecule has 0 aliphatic heterocycles. The second-order valence-corrected chi connectivity index (χ2v) is 8.50. The minimum atomic E-state index is -5.93. The molecule has 0 bridgehead atoms. The van der Waals surface area contributed by atoms with Crippen molar-refractivity contribution in [1.29, 1.82) is 0 Å². The van der Waals surface area contributed by atoms with Crippen molar-refractivity contribution in [1.82, 2.24) is 9.78 Å². The zero-order chi connectivity index (χ0) is 23.0. The minimum absolute atomic E-state index is 0.117. The summed E-state index contributed by atoms with van der Waals surface area (Å²) in [6, 6.07) is 11.9. The Labute approximate surface area is 179 Å². The average molecular weight is 480 g/mol. The fourth-order valence-corrected chi connectivity index (χ4v) is 4.05. The monoisotopic (exact) mass is 479 g/mol. The molecule has 0 radical (unpaired) electrons. The molecule has 5 nitrogen and oxygen atoms in total. The van der Waals surface area contributed by atoms with Crippen molar-refractivity contribution >= 4 is 27.4 Å². The third kappa shape index (κ3) is 4.38. The Bertz CT molecular complexity index is 1180. The lowest BCUT2D eigenvalue weighted by Crippen LogP contribution is -2.36. The highest BCUT2D eigenvalue weighted by molar-refractivity contribution is 7.92. The largest absolute Gasteiger partial charge is 0.459 e. The SMILES string of the molecule is CCn1nc(NS(=O)(=O)c2ccccc2)c(-c2ccc(Cl)cc2)c1C(F)(F)C(F)(F)F. The molecule has 0 unspecified atom stereocenters. The molecule has 0 atom stereocenters. The first-order valence-corrected chi connectivity index (χ1v) is 10.6. The number of hydrogen-bond donors (Lipinski definition) is 1. The van der Waals surface area contributed by atoms with E-state index in [4.69, 9.17) is 11.6 Å². The molecule has 0 aliphatic carbocycles. The molecule has 0 aliphatic rings. The molecule has 1 N–H and O–H groups in total. The van der Waals surface area contributed by atoms with Gasteiger partial charge in [-0.15, -0.1) is 0 Å². The van der Waals surface area contributed by atoms with Crippen LogP contribution in [0.3, 0.4) is 0 Å². The predicted molar refractivity (Wildman–Crippen MR) is 106 cm³/mol. The summed E-state index contributed by atoms with van der Waals surface area (Å²) in [5.41, 5.74) is -2.29. The molecule has 0 spiro atoms. The summed E-state index contributed by atoms with van der Waals surface area (Å²) in [5, 5.41) is 3.94. The Morgan fingerprint density at radius 3 is 2.10 bits per heavy atom. The van der Waals surface area contributed by atoms with Gasteiger partial charge in [0.05, 0.1) is 10.5 Å². The van der Waals surface area contributed by atoms with E-state index in [1.807, 2.05) is 4.72 Å². The van der Waals surface area contributed by atoms with Gasteiger partial charge in [-0.2, -0.15) is 27.1 Å². The van der Waals surface area contributed by atoms with Crippen molar-refractivity contribution < 1.29 is 30.4 Å². The molecule has 3 rings (SSSR count). The smallest absolute Gasteiger partial charge is 0.261 e. The number of benzene rings is 2. The average Bonchev–Trinajstić information content (AvgIpc) is 3.06. The van der Waals surface area contributed by atoms with Crippen LogP contribution in [0.4, 0.5) is 27.8 Å². The summed E-state index contributed by atoms with van der Waals surface area (Å²) in [5.74, 6) is -5.96. The Hall–Kier alpha value is -2.66. The zero-order valence-electron chi connectivity index (χ0n) is 15.8. The van der Waals surface area contributed by atoms with Crippen molar-refractivity contribution in [2.24, 2.45) is 0 Å². The molecule has 31 heavy (non-hydrogen) atoms. The standard InChI is InChI=1S/C19H15ClF5N3O2S/c1-2-28-16(18(21,22)19(23,24)25)15(12-8-10-13(20)11-9-12)17(26-28)27-31(29,30)14-6-4-3-5-7-14/h3-11H,2H2,1H3,(H,26,27). The molecule has 0 fully saturated rings. The lowest BCUT2D eigenvalue weighted by atomic mass is 10.0. The van der Waals surface area contributed by atoms with Crippen molar-refractivity contribution in [3.8, 4) is 11.1 Å². The van der Waals surface area contributed by atoms with Crippen molar-refractivity contribution in [3.63, 3.8) is 0 Å². The lowest BCUT2D eigenvalue weighted by molar-refractivity contribution is -0.291. The van der Waals surface area contributed by atoms with Crippen LogP contribution in [0.25, 0.3) is 11.1 Å². The first kappa shape index (κ1) is 23.0. The Kier molecular flexibility index (Phi) is 6.03. The highest BCUT2D eigenvalue weighted by Crippen LogP contribution is 2.49. The van der Waals surface area contributed by atoms with Gasteiger partial charge in [0.25, 0.3) is 10.0 Å². The van der Waals surface area contributed by atoms with Crippen molar-refractivity contribution in [2.45, 2.75) is 30.5 Å². The van der Waals surface area contributed by atoms with Gasteiger partial charge in [-0.05, 0) is 36.8 Å². The number of halogens is 6. The van der Waals surface area contributed by atoms with Gasteiger partial charge < -0.3 is 0 Å². The van der Waals surface area contributed by atoms with E-state index in [1.165, 1.54) is 55.5 Å². The highest BCUT2D eigenvalue weighted by atomic mass is 35.5. The molecule has 0 saturated heterocycles. The van der Waals surface area contributed by atoms with E-state index < -0.39 is 39.2 Å². The second-order valence-electron chi connectivity index (χ2n) is 6.39. The molecule has 12 heteroatoms. The molecule has 1 heterocycles. The number of sulfonamides is 1. The first-order valence-electron chi connectivity index (χ1n) is 8.78. The van der Waals surface area contributed by atoms with Gasteiger partial charge in [-0.25, -0.2) is 8.42 Å². The number of anilines is 1. The number of nitrogens with one attached hydrogen (secondary N) is 1. The Balaban J connectivity index is 2.28. The van der Waals surface area contributed by atoms with E-state index in [9.17, 15) is 30.4 Å². The maximum atomic E-state index is 14.5. The highest BCUT2D eigenvalue weighted by Gasteiger charge is 2.62. The summed E-state index contributed by atoms with van der Waals surface area (Å²) in [7, 11) is -4.32. The summed E-state index contributed by atoms with van der Waals surface area (Å²) < 4.78 is 96.7. The first-order chi connectivity index (χ1) is 14.4. The van der Waals surface area contributed by atoms with E-state index in [2.05, 4.69) is 5.10 Å². The number of aromatic nitrogens is 2. The van der Waals surface area contributed by atoms with E-state index in [1.54, 1.807) is 6.07 Å². The van der Waals surface area contributed by atoms with Gasteiger partial charge in [-0.3, -0.25) is 9.40 Å². The normalized spacial score (nSPS) is 12.7. The quantitative estimate of drug-likeness (QED) is 0.463. The molecule has 0 saturated carbocycles. The van der Waals surface area contributed by atoms with Crippen LogP contribution >= 0.6 is 11.6 Å². The zero-order valence-corrected chi connectivity index (χ0v) is 17.4. The summed E-state index contributed by atoms with van der Waals surface area (Å²) in [6.07, 6.45) is -5.93. The maximum Gasteiger partial charge on any atom is 0.459 e. The maximum absolute atomic E-state index is 14.5. The Morgan fingerprint density at radius 2 is 1.58 bits per heavy atom. The third-order valence-corrected chi connectivity index (χ3v) is 5.93. The molecular formula is C19H15ClF5N3O2S. The van der Waals surface area contributed by atoms with Crippen LogP contribution in [-0.2, 0) is 22.5 Å². The number of aryl methyl sites for hydroxylation is 1. The van der Waals surface area contributed by atoms with Crippen LogP contribution in [-0.4, -0.2) is 24.4 Å². The van der Waals surface area contributed by atoms with Crippen LogP contribution < -0.4 is 4.72 Å². The van der Waals surface area contributed by atoms with Gasteiger partial charge in [0.15, 0.2) is 5.82 Å². The minimum Gasteiger partial charge on any atom is -0.261 e. The van der Waals surface area contributed by atoms with Crippen molar-refractivity contribution in [2.75, 3.05) is 4.72 Å². The lowest BCUT2D eigenvalue weighted by Gasteiger charge is -2.22. The molecule has 166 valence electrons. The number of rotatable bonds is 6. The number of hydrogen-bond acceptors (Lipinski definition) is 3. The van der Waals surface area contributed by atoms with Gasteiger partial charge in [0.2, 0.25) is 0 Å². The van der Waals surface area contributed by atoms with E-state index in [-0.39, 0.29) is 22.0 Å². The fraction of sp³-hybridized carbons (Fsp3) is 0.211. The Morgan fingerprint density at radius 1 is 1.00 bits per heavy atom. The molecule has 0 amide bonds. The fourth-order valence-electron chi connectivity index (χ4n) is 2.89. The third-order valence-electron chi connectivity index (χ3n) is 4.32. The van der Waals surface area contributed by atoms with Gasteiger partial charge >= 0.3 is 12.1 Å². The van der Waals surface area contributed by atoms with Crippen LogP contribution in [0.5, 0.6) is 0 Å².